The van der Waals surface area contributed by atoms with Gasteiger partial charge in [-0.1, -0.05) is 42.1 Å². The number of aromatic amines is 1. The SMILES string of the molecule is CC(NC(=O)CSc1n[nH]c(-c2ccccc2F)n1)c1ccc2c(c1)CCCC2. The highest BCUT2D eigenvalue weighted by atomic mass is 32.2. The number of amides is 1. The molecular formula is C22H23FN4OS. The first-order chi connectivity index (χ1) is 14.1. The van der Waals surface area contributed by atoms with Gasteiger partial charge >= 0.3 is 0 Å². The maximum absolute atomic E-state index is 13.8. The van der Waals surface area contributed by atoms with Gasteiger partial charge in [-0.25, -0.2) is 9.37 Å². The second-order valence-electron chi connectivity index (χ2n) is 7.26. The maximum atomic E-state index is 13.8. The van der Waals surface area contributed by atoms with Crippen LogP contribution in [0.4, 0.5) is 4.39 Å². The fraction of sp³-hybridized carbons (Fsp3) is 0.318. The molecule has 1 unspecified atom stereocenters. The fourth-order valence-corrected chi connectivity index (χ4v) is 4.21. The molecule has 2 aromatic carbocycles. The summed E-state index contributed by atoms with van der Waals surface area (Å²) in [5.41, 5.74) is 4.33. The third kappa shape index (κ3) is 4.67. The quantitative estimate of drug-likeness (QED) is 0.589. The van der Waals surface area contributed by atoms with Crippen molar-refractivity contribution >= 4 is 17.7 Å². The van der Waals surface area contributed by atoms with E-state index in [1.165, 1.54) is 41.8 Å². The molecule has 1 heterocycles. The Morgan fingerprint density at radius 2 is 2.00 bits per heavy atom. The second kappa shape index (κ2) is 8.78. The molecule has 0 saturated carbocycles. The minimum Gasteiger partial charge on any atom is -0.349 e. The number of nitrogens with zero attached hydrogens (tertiary/aromatic N) is 2. The first kappa shape index (κ1) is 19.6. The van der Waals surface area contributed by atoms with Crippen LogP contribution in [0.1, 0.15) is 42.5 Å². The highest BCUT2D eigenvalue weighted by molar-refractivity contribution is 7.99. The number of rotatable bonds is 6. The summed E-state index contributed by atoms with van der Waals surface area (Å²) in [6, 6.07) is 12.8. The minimum atomic E-state index is -0.364. The molecular weight excluding hydrogens is 387 g/mol. The van der Waals surface area contributed by atoms with Crippen molar-refractivity contribution in [3.05, 3.63) is 65.0 Å². The number of hydrogen-bond donors (Lipinski definition) is 2. The van der Waals surface area contributed by atoms with Gasteiger partial charge in [-0.05, 0) is 61.4 Å². The van der Waals surface area contributed by atoms with E-state index in [0.717, 1.165) is 18.4 Å². The molecule has 150 valence electrons. The van der Waals surface area contributed by atoms with E-state index in [9.17, 15) is 9.18 Å². The highest BCUT2D eigenvalue weighted by Crippen LogP contribution is 2.25. The number of carbonyl (C=O) groups is 1. The van der Waals surface area contributed by atoms with E-state index in [1.807, 2.05) is 6.92 Å². The summed E-state index contributed by atoms with van der Waals surface area (Å²) < 4.78 is 13.8. The van der Waals surface area contributed by atoms with Crippen LogP contribution in [0.5, 0.6) is 0 Å². The Morgan fingerprint density at radius 3 is 2.83 bits per heavy atom. The monoisotopic (exact) mass is 410 g/mol. The summed E-state index contributed by atoms with van der Waals surface area (Å²) in [4.78, 5) is 16.6. The van der Waals surface area contributed by atoms with Crippen molar-refractivity contribution in [2.24, 2.45) is 0 Å². The summed E-state index contributed by atoms with van der Waals surface area (Å²) >= 11 is 1.22. The van der Waals surface area contributed by atoms with Crippen molar-refractivity contribution in [1.29, 1.82) is 0 Å². The zero-order valence-corrected chi connectivity index (χ0v) is 17.1. The lowest BCUT2D eigenvalue weighted by Crippen LogP contribution is -2.28. The normalized spacial score (nSPS) is 14.3. The summed E-state index contributed by atoms with van der Waals surface area (Å²) in [5.74, 6) is 0.104. The molecule has 1 amide bonds. The van der Waals surface area contributed by atoms with Crippen LogP contribution < -0.4 is 5.32 Å². The van der Waals surface area contributed by atoms with E-state index in [1.54, 1.807) is 18.2 Å². The number of nitrogens with one attached hydrogen (secondary N) is 2. The first-order valence-corrected chi connectivity index (χ1v) is 10.8. The zero-order chi connectivity index (χ0) is 20.2. The molecule has 0 spiro atoms. The first-order valence-electron chi connectivity index (χ1n) is 9.81. The van der Waals surface area contributed by atoms with Crippen LogP contribution in [0.15, 0.2) is 47.6 Å². The van der Waals surface area contributed by atoms with Crippen molar-refractivity contribution in [3.8, 4) is 11.4 Å². The van der Waals surface area contributed by atoms with Gasteiger partial charge in [-0.15, -0.1) is 5.10 Å². The number of aromatic nitrogens is 3. The highest BCUT2D eigenvalue weighted by Gasteiger charge is 2.15. The summed E-state index contributed by atoms with van der Waals surface area (Å²) in [5, 5.41) is 10.3. The Morgan fingerprint density at radius 1 is 1.21 bits per heavy atom. The van der Waals surface area contributed by atoms with Crippen molar-refractivity contribution in [3.63, 3.8) is 0 Å². The Labute approximate surface area is 173 Å². The number of thioether (sulfide) groups is 1. The van der Waals surface area contributed by atoms with Crippen LogP contribution in [0.3, 0.4) is 0 Å². The van der Waals surface area contributed by atoms with Gasteiger partial charge in [0.15, 0.2) is 5.82 Å². The Balaban J connectivity index is 1.33. The van der Waals surface area contributed by atoms with E-state index >= 15 is 0 Å². The molecule has 0 bridgehead atoms. The van der Waals surface area contributed by atoms with Gasteiger partial charge < -0.3 is 5.32 Å². The molecule has 1 aromatic heterocycles. The lowest BCUT2D eigenvalue weighted by Gasteiger charge is -2.20. The molecule has 29 heavy (non-hydrogen) atoms. The molecule has 5 nitrogen and oxygen atoms in total. The molecule has 7 heteroatoms. The molecule has 1 aliphatic carbocycles. The standard InChI is InChI=1S/C22H23FN4OS/c1-14(16-11-10-15-6-2-3-7-17(15)12-16)24-20(28)13-29-22-25-21(26-27-22)18-8-4-5-9-19(18)23/h4-5,8-12,14H,2-3,6-7,13H2,1H3,(H,24,28)(H,25,26,27). The van der Waals surface area contributed by atoms with Gasteiger partial charge in [0.2, 0.25) is 11.1 Å². The lowest BCUT2D eigenvalue weighted by molar-refractivity contribution is -0.119. The minimum absolute atomic E-state index is 0.0588. The van der Waals surface area contributed by atoms with Crippen LogP contribution in [0, 0.1) is 5.82 Å². The number of hydrogen-bond acceptors (Lipinski definition) is 4. The smallest absolute Gasteiger partial charge is 0.230 e. The van der Waals surface area contributed by atoms with Gasteiger partial charge in [0, 0.05) is 0 Å². The second-order valence-corrected chi connectivity index (χ2v) is 8.20. The van der Waals surface area contributed by atoms with Crippen LogP contribution in [0.25, 0.3) is 11.4 Å². The molecule has 2 N–H and O–H groups in total. The van der Waals surface area contributed by atoms with Crippen molar-refractivity contribution in [1.82, 2.24) is 20.5 Å². The molecule has 1 atom stereocenters. The van der Waals surface area contributed by atoms with E-state index in [4.69, 9.17) is 0 Å². The molecule has 0 saturated heterocycles. The zero-order valence-electron chi connectivity index (χ0n) is 16.2. The van der Waals surface area contributed by atoms with E-state index < -0.39 is 0 Å². The third-order valence-corrected chi connectivity index (χ3v) is 6.02. The number of aryl methyl sites for hydroxylation is 2. The molecule has 1 aliphatic rings. The van der Waals surface area contributed by atoms with Crippen LogP contribution in [-0.2, 0) is 17.6 Å². The molecule has 0 radical (unpaired) electrons. The predicted molar refractivity (Wildman–Crippen MR) is 112 cm³/mol. The topological polar surface area (TPSA) is 70.7 Å². The van der Waals surface area contributed by atoms with Crippen LogP contribution >= 0.6 is 11.8 Å². The number of H-pyrrole nitrogens is 1. The molecule has 0 aliphatic heterocycles. The average Bonchev–Trinajstić information content (AvgIpc) is 3.21. The largest absolute Gasteiger partial charge is 0.349 e. The van der Waals surface area contributed by atoms with Crippen LogP contribution in [-0.4, -0.2) is 26.8 Å². The van der Waals surface area contributed by atoms with E-state index in [-0.39, 0.29) is 23.5 Å². The Hall–Kier alpha value is -2.67. The van der Waals surface area contributed by atoms with Gasteiger partial charge in [-0.2, -0.15) is 0 Å². The predicted octanol–water partition coefficient (Wildman–Crippen LogP) is 4.46. The number of fused-ring (bicyclic) bond motifs is 1. The molecule has 4 rings (SSSR count). The van der Waals surface area contributed by atoms with Gasteiger partial charge in [0.1, 0.15) is 5.82 Å². The summed E-state index contributed by atoms with van der Waals surface area (Å²) in [6.45, 7) is 2.00. The van der Waals surface area contributed by atoms with Crippen LogP contribution in [0.2, 0.25) is 0 Å². The lowest BCUT2D eigenvalue weighted by atomic mass is 9.89. The van der Waals surface area contributed by atoms with Gasteiger partial charge in [0.25, 0.3) is 0 Å². The van der Waals surface area contributed by atoms with Gasteiger partial charge in [0.05, 0.1) is 17.4 Å². The van der Waals surface area contributed by atoms with Crippen molar-refractivity contribution in [2.45, 2.75) is 43.8 Å². The molecule has 0 fully saturated rings. The number of benzene rings is 2. The summed E-state index contributed by atoms with van der Waals surface area (Å²) in [7, 11) is 0. The Bertz CT molecular complexity index is 1020. The summed E-state index contributed by atoms with van der Waals surface area (Å²) in [6.07, 6.45) is 4.77. The van der Waals surface area contributed by atoms with Crippen molar-refractivity contribution < 1.29 is 9.18 Å². The number of halogens is 1. The number of carbonyl (C=O) groups excluding carboxylic acids is 1. The Kier molecular flexibility index (Phi) is 5.94. The maximum Gasteiger partial charge on any atom is 0.230 e. The average molecular weight is 411 g/mol. The molecule has 3 aromatic rings. The van der Waals surface area contributed by atoms with Crippen molar-refractivity contribution in [2.75, 3.05) is 5.75 Å². The van der Waals surface area contributed by atoms with E-state index in [2.05, 4.69) is 38.7 Å². The van der Waals surface area contributed by atoms with Gasteiger partial charge in [-0.3, -0.25) is 9.89 Å². The van der Waals surface area contributed by atoms with E-state index in [0.29, 0.717) is 16.5 Å². The third-order valence-electron chi connectivity index (χ3n) is 5.18. The fourth-order valence-electron chi connectivity index (χ4n) is 3.60.